The highest BCUT2D eigenvalue weighted by molar-refractivity contribution is 5.91. The van der Waals surface area contributed by atoms with Crippen LogP contribution in [0.5, 0.6) is 0 Å². The molecule has 0 saturated carbocycles. The number of amides is 1. The maximum absolute atomic E-state index is 12.1. The first kappa shape index (κ1) is 12.0. The first-order chi connectivity index (χ1) is 8.31. The molecular weight excluding hydrogens is 214 g/mol. The fourth-order valence-corrected chi connectivity index (χ4v) is 2.35. The number of rotatable bonds is 3. The van der Waals surface area contributed by atoms with Gasteiger partial charge in [-0.3, -0.25) is 4.79 Å². The Kier molecular flexibility index (Phi) is 4.02. The van der Waals surface area contributed by atoms with E-state index in [-0.39, 0.29) is 5.91 Å². The number of carbonyl (C=O) groups is 1. The van der Waals surface area contributed by atoms with Gasteiger partial charge in [0.25, 0.3) is 0 Å². The number of hydrogen-bond donors (Lipinski definition) is 0. The summed E-state index contributed by atoms with van der Waals surface area (Å²) >= 11 is 0. The Hall–Kier alpha value is -1.51. The molecule has 2 heterocycles. The molecule has 3 nitrogen and oxygen atoms in total. The molecule has 1 fully saturated rings. The third-order valence-corrected chi connectivity index (χ3v) is 3.31. The zero-order valence-corrected chi connectivity index (χ0v) is 10.3. The van der Waals surface area contributed by atoms with Gasteiger partial charge in [0.2, 0.25) is 5.91 Å². The molecule has 3 heteroatoms. The average Bonchev–Trinajstić information content (AvgIpc) is 2.89. The molecule has 0 bridgehead atoms. The van der Waals surface area contributed by atoms with Gasteiger partial charge in [0.15, 0.2) is 0 Å². The summed E-state index contributed by atoms with van der Waals surface area (Å²) in [4.78, 5) is 14.0. The van der Waals surface area contributed by atoms with Gasteiger partial charge < -0.3 is 9.32 Å². The molecule has 92 valence electrons. The summed E-state index contributed by atoms with van der Waals surface area (Å²) in [6.45, 7) is 3.03. The minimum Gasteiger partial charge on any atom is -0.465 e. The van der Waals surface area contributed by atoms with E-state index >= 15 is 0 Å². The second kappa shape index (κ2) is 5.71. The van der Waals surface area contributed by atoms with E-state index in [2.05, 4.69) is 6.92 Å². The Labute approximate surface area is 102 Å². The van der Waals surface area contributed by atoms with Crippen molar-refractivity contribution in [2.45, 2.75) is 38.6 Å². The summed E-state index contributed by atoms with van der Waals surface area (Å²) in [6, 6.07) is 4.08. The normalized spacial score (nSPS) is 21.0. The zero-order chi connectivity index (χ0) is 12.1. The van der Waals surface area contributed by atoms with Crippen molar-refractivity contribution in [3.8, 4) is 0 Å². The summed E-state index contributed by atoms with van der Waals surface area (Å²) in [7, 11) is 0. The van der Waals surface area contributed by atoms with Crippen molar-refractivity contribution in [2.24, 2.45) is 0 Å². The van der Waals surface area contributed by atoms with E-state index in [1.54, 1.807) is 18.4 Å². The molecule has 1 aliphatic rings. The number of nitrogens with zero attached hydrogens (tertiary/aromatic N) is 1. The molecule has 0 N–H and O–H groups in total. The summed E-state index contributed by atoms with van der Waals surface area (Å²) in [5.74, 6) is 0.830. The predicted molar refractivity (Wildman–Crippen MR) is 67.4 cm³/mol. The Morgan fingerprint density at radius 2 is 2.47 bits per heavy atom. The molecule has 1 aromatic rings. The van der Waals surface area contributed by atoms with Crippen molar-refractivity contribution >= 4 is 12.0 Å². The average molecular weight is 233 g/mol. The first-order valence-electron chi connectivity index (χ1n) is 6.33. The fraction of sp³-hybridized carbons (Fsp3) is 0.500. The number of piperidine rings is 1. The van der Waals surface area contributed by atoms with Crippen LogP contribution >= 0.6 is 0 Å². The van der Waals surface area contributed by atoms with E-state index < -0.39 is 0 Å². The zero-order valence-electron chi connectivity index (χ0n) is 10.3. The van der Waals surface area contributed by atoms with Gasteiger partial charge in [-0.15, -0.1) is 0 Å². The van der Waals surface area contributed by atoms with Gasteiger partial charge in [-0.2, -0.15) is 0 Å². The molecule has 1 aliphatic heterocycles. The third-order valence-electron chi connectivity index (χ3n) is 3.31. The lowest BCUT2D eigenvalue weighted by Crippen LogP contribution is -2.42. The standard InChI is InChI=1S/C14H19NO2/c1-2-12-6-3-4-10-15(12)14(16)9-8-13-7-5-11-17-13/h5,7-9,11-12H,2-4,6,10H2,1H3. The van der Waals surface area contributed by atoms with E-state index in [1.807, 2.05) is 17.0 Å². The van der Waals surface area contributed by atoms with Crippen LogP contribution in [0.25, 0.3) is 6.08 Å². The Balaban J connectivity index is 1.98. The predicted octanol–water partition coefficient (Wildman–Crippen LogP) is 3.08. The third kappa shape index (κ3) is 2.99. The highest BCUT2D eigenvalue weighted by atomic mass is 16.3. The van der Waals surface area contributed by atoms with Crippen LogP contribution < -0.4 is 0 Å². The quantitative estimate of drug-likeness (QED) is 0.752. The van der Waals surface area contributed by atoms with E-state index in [0.29, 0.717) is 6.04 Å². The largest absolute Gasteiger partial charge is 0.465 e. The highest BCUT2D eigenvalue weighted by Gasteiger charge is 2.23. The lowest BCUT2D eigenvalue weighted by Gasteiger charge is -2.34. The van der Waals surface area contributed by atoms with Crippen molar-refractivity contribution in [3.63, 3.8) is 0 Å². The van der Waals surface area contributed by atoms with Crippen molar-refractivity contribution in [2.75, 3.05) is 6.54 Å². The van der Waals surface area contributed by atoms with Crippen molar-refractivity contribution < 1.29 is 9.21 Å². The SMILES string of the molecule is CCC1CCCCN1C(=O)C=Cc1ccco1. The molecule has 0 aromatic carbocycles. The highest BCUT2D eigenvalue weighted by Crippen LogP contribution is 2.19. The molecule has 2 rings (SSSR count). The number of likely N-dealkylation sites (tertiary alicyclic amines) is 1. The topological polar surface area (TPSA) is 33.5 Å². The Bertz CT molecular complexity index is 381. The van der Waals surface area contributed by atoms with E-state index in [1.165, 1.54) is 6.42 Å². The number of hydrogen-bond acceptors (Lipinski definition) is 2. The molecule has 0 aliphatic carbocycles. The monoisotopic (exact) mass is 233 g/mol. The lowest BCUT2D eigenvalue weighted by molar-refractivity contribution is -0.129. The van der Waals surface area contributed by atoms with E-state index in [9.17, 15) is 4.79 Å². The van der Waals surface area contributed by atoms with Crippen LogP contribution in [-0.2, 0) is 4.79 Å². The van der Waals surface area contributed by atoms with Gasteiger partial charge in [0.05, 0.1) is 6.26 Å². The van der Waals surface area contributed by atoms with Crippen LogP contribution in [-0.4, -0.2) is 23.4 Å². The van der Waals surface area contributed by atoms with Crippen molar-refractivity contribution in [3.05, 3.63) is 30.2 Å². The summed E-state index contributed by atoms with van der Waals surface area (Å²) < 4.78 is 5.17. The van der Waals surface area contributed by atoms with Gasteiger partial charge in [0.1, 0.15) is 5.76 Å². The first-order valence-corrected chi connectivity index (χ1v) is 6.33. The van der Waals surface area contributed by atoms with Crippen LogP contribution in [0.4, 0.5) is 0 Å². The molecule has 1 amide bonds. The summed E-state index contributed by atoms with van der Waals surface area (Å²) in [5, 5.41) is 0. The van der Waals surface area contributed by atoms with Gasteiger partial charge >= 0.3 is 0 Å². The molecule has 1 aromatic heterocycles. The van der Waals surface area contributed by atoms with E-state index in [0.717, 1.165) is 31.6 Å². The van der Waals surface area contributed by atoms with Crippen LogP contribution in [0, 0.1) is 0 Å². The van der Waals surface area contributed by atoms with Crippen molar-refractivity contribution in [1.29, 1.82) is 0 Å². The minimum atomic E-state index is 0.105. The molecule has 1 atom stereocenters. The maximum Gasteiger partial charge on any atom is 0.246 e. The van der Waals surface area contributed by atoms with Gasteiger partial charge in [-0.05, 0) is 43.9 Å². The summed E-state index contributed by atoms with van der Waals surface area (Å²) in [5.41, 5.74) is 0. The maximum atomic E-state index is 12.1. The molecule has 0 radical (unpaired) electrons. The minimum absolute atomic E-state index is 0.105. The van der Waals surface area contributed by atoms with Gasteiger partial charge in [-0.25, -0.2) is 0 Å². The van der Waals surface area contributed by atoms with Crippen LogP contribution in [0.15, 0.2) is 28.9 Å². The smallest absolute Gasteiger partial charge is 0.246 e. The second-order valence-electron chi connectivity index (χ2n) is 4.44. The van der Waals surface area contributed by atoms with Crippen LogP contribution in [0.1, 0.15) is 38.4 Å². The lowest BCUT2D eigenvalue weighted by atomic mass is 10.00. The molecule has 0 spiro atoms. The van der Waals surface area contributed by atoms with Crippen LogP contribution in [0.3, 0.4) is 0 Å². The van der Waals surface area contributed by atoms with Gasteiger partial charge in [-0.1, -0.05) is 6.92 Å². The second-order valence-corrected chi connectivity index (χ2v) is 4.44. The fourth-order valence-electron chi connectivity index (χ4n) is 2.35. The van der Waals surface area contributed by atoms with Gasteiger partial charge in [0, 0.05) is 18.7 Å². The molecular formula is C14H19NO2. The molecule has 1 unspecified atom stereocenters. The Morgan fingerprint density at radius 3 is 3.18 bits per heavy atom. The van der Waals surface area contributed by atoms with Crippen LogP contribution in [0.2, 0.25) is 0 Å². The molecule has 1 saturated heterocycles. The summed E-state index contributed by atoms with van der Waals surface area (Å²) in [6.07, 6.45) is 9.51. The molecule has 17 heavy (non-hydrogen) atoms. The number of furan rings is 1. The Morgan fingerprint density at radius 1 is 1.59 bits per heavy atom. The van der Waals surface area contributed by atoms with Crippen molar-refractivity contribution in [1.82, 2.24) is 4.90 Å². The number of carbonyl (C=O) groups excluding carboxylic acids is 1. The van der Waals surface area contributed by atoms with E-state index in [4.69, 9.17) is 4.42 Å².